The van der Waals surface area contributed by atoms with E-state index in [1.165, 1.54) is 12.7 Å². The van der Waals surface area contributed by atoms with Gasteiger partial charge < -0.3 is 14.8 Å². The number of carbonyl (C=O) groups excluding carboxylic acids is 1. The van der Waals surface area contributed by atoms with Crippen LogP contribution in [0.25, 0.3) is 0 Å². The normalized spacial score (nSPS) is 15.1. The van der Waals surface area contributed by atoms with Crippen molar-refractivity contribution in [1.82, 2.24) is 14.8 Å². The van der Waals surface area contributed by atoms with E-state index in [9.17, 15) is 4.79 Å². The second-order valence-corrected chi connectivity index (χ2v) is 8.71. The summed E-state index contributed by atoms with van der Waals surface area (Å²) in [5.41, 5.74) is 3.28. The summed E-state index contributed by atoms with van der Waals surface area (Å²) in [4.78, 5) is 17.4. The van der Waals surface area contributed by atoms with Gasteiger partial charge in [0.05, 0.1) is 19.3 Å². The highest BCUT2D eigenvalue weighted by atomic mass is 32.2. The summed E-state index contributed by atoms with van der Waals surface area (Å²) in [5, 5.41) is 8.62. The number of hydrogen-bond donors (Lipinski definition) is 1. The highest BCUT2D eigenvalue weighted by Gasteiger charge is 2.35. The standard InChI is InChI=1S/C25H28N4O3S/c1-4-5-14-32-20-13-9-12-19(15-20)22-21(23(30)31-3)17(2)26-24-27-25(28-29(22)24)33-16-18-10-7-6-8-11-18/h6-13,15,22H,4-5,14,16H2,1-3H3,(H,26,27,28). The van der Waals surface area contributed by atoms with Crippen molar-refractivity contribution < 1.29 is 14.3 Å². The molecule has 8 heteroatoms. The number of esters is 1. The summed E-state index contributed by atoms with van der Waals surface area (Å²) < 4.78 is 12.8. The number of aromatic nitrogens is 3. The van der Waals surface area contributed by atoms with Crippen molar-refractivity contribution in [2.75, 3.05) is 19.0 Å². The molecule has 0 saturated carbocycles. The minimum Gasteiger partial charge on any atom is -0.494 e. The van der Waals surface area contributed by atoms with Crippen LogP contribution in [0, 0.1) is 0 Å². The van der Waals surface area contributed by atoms with Gasteiger partial charge in [0.15, 0.2) is 0 Å². The average molecular weight is 465 g/mol. The van der Waals surface area contributed by atoms with Crippen LogP contribution in [-0.4, -0.2) is 34.5 Å². The lowest BCUT2D eigenvalue weighted by atomic mass is 9.95. The Bertz CT molecular complexity index is 1140. The molecule has 0 saturated heterocycles. The van der Waals surface area contributed by atoms with Crippen LogP contribution in [0.2, 0.25) is 0 Å². The number of rotatable bonds is 9. The van der Waals surface area contributed by atoms with E-state index in [1.54, 1.807) is 16.4 Å². The average Bonchev–Trinajstić information content (AvgIpc) is 3.24. The Morgan fingerprint density at radius 1 is 1.18 bits per heavy atom. The summed E-state index contributed by atoms with van der Waals surface area (Å²) in [6, 6.07) is 17.5. The Morgan fingerprint density at radius 3 is 2.76 bits per heavy atom. The summed E-state index contributed by atoms with van der Waals surface area (Å²) in [7, 11) is 1.39. The zero-order valence-electron chi connectivity index (χ0n) is 19.1. The lowest BCUT2D eigenvalue weighted by Crippen LogP contribution is -2.29. The molecule has 0 spiro atoms. The first-order valence-corrected chi connectivity index (χ1v) is 12.0. The van der Waals surface area contributed by atoms with E-state index in [4.69, 9.17) is 14.6 Å². The van der Waals surface area contributed by atoms with E-state index >= 15 is 0 Å². The molecule has 0 bridgehead atoms. The van der Waals surface area contributed by atoms with Crippen LogP contribution < -0.4 is 10.1 Å². The zero-order valence-corrected chi connectivity index (χ0v) is 19.9. The summed E-state index contributed by atoms with van der Waals surface area (Å²) in [6.07, 6.45) is 2.05. The summed E-state index contributed by atoms with van der Waals surface area (Å²) in [6.45, 7) is 4.64. The Balaban J connectivity index is 1.67. The van der Waals surface area contributed by atoms with Gasteiger partial charge in [0.2, 0.25) is 11.1 Å². The Labute approximate surface area is 198 Å². The Kier molecular flexibility index (Phi) is 7.34. The van der Waals surface area contributed by atoms with Crippen molar-refractivity contribution in [3.8, 4) is 5.75 Å². The van der Waals surface area contributed by atoms with E-state index in [0.29, 0.717) is 29.0 Å². The van der Waals surface area contributed by atoms with Crippen LogP contribution in [0.4, 0.5) is 5.95 Å². The monoisotopic (exact) mass is 464 g/mol. The predicted octanol–water partition coefficient (Wildman–Crippen LogP) is 5.21. The van der Waals surface area contributed by atoms with Crippen molar-refractivity contribution in [3.05, 3.63) is 77.0 Å². The van der Waals surface area contributed by atoms with Gasteiger partial charge in [0, 0.05) is 11.4 Å². The van der Waals surface area contributed by atoms with Crippen LogP contribution in [0.3, 0.4) is 0 Å². The molecule has 1 aliphatic heterocycles. The van der Waals surface area contributed by atoms with Gasteiger partial charge in [0.1, 0.15) is 11.8 Å². The van der Waals surface area contributed by atoms with Gasteiger partial charge in [-0.25, -0.2) is 9.48 Å². The topological polar surface area (TPSA) is 78.3 Å². The number of nitrogens with one attached hydrogen (secondary N) is 1. The van der Waals surface area contributed by atoms with Crippen LogP contribution >= 0.6 is 11.8 Å². The van der Waals surface area contributed by atoms with Crippen LogP contribution in [0.15, 0.2) is 71.0 Å². The molecule has 0 radical (unpaired) electrons. The first-order valence-electron chi connectivity index (χ1n) is 11.0. The fraction of sp³-hybridized carbons (Fsp3) is 0.320. The molecular formula is C25H28N4O3S. The molecule has 0 aliphatic carbocycles. The van der Waals surface area contributed by atoms with Gasteiger partial charge in [0.25, 0.3) is 0 Å². The molecule has 0 amide bonds. The number of hydrogen-bond acceptors (Lipinski definition) is 7. The first-order chi connectivity index (χ1) is 16.1. The molecule has 1 aliphatic rings. The largest absolute Gasteiger partial charge is 0.494 e. The number of benzene rings is 2. The molecule has 0 fully saturated rings. The van der Waals surface area contributed by atoms with Crippen molar-refractivity contribution in [1.29, 1.82) is 0 Å². The number of ether oxygens (including phenoxy) is 2. The van der Waals surface area contributed by atoms with E-state index in [1.807, 2.05) is 49.4 Å². The number of methoxy groups -OCH3 is 1. The molecule has 172 valence electrons. The summed E-state index contributed by atoms with van der Waals surface area (Å²) in [5.74, 6) is 1.72. The maximum absolute atomic E-state index is 12.8. The van der Waals surface area contributed by atoms with Gasteiger partial charge in [-0.05, 0) is 36.6 Å². The maximum atomic E-state index is 12.8. The number of anilines is 1. The van der Waals surface area contributed by atoms with E-state index in [0.717, 1.165) is 29.9 Å². The number of nitrogens with zero attached hydrogens (tertiary/aromatic N) is 3. The second kappa shape index (κ2) is 10.6. The second-order valence-electron chi connectivity index (χ2n) is 7.77. The van der Waals surface area contributed by atoms with Gasteiger partial charge >= 0.3 is 5.97 Å². The smallest absolute Gasteiger partial charge is 0.338 e. The molecule has 1 N–H and O–H groups in total. The van der Waals surface area contributed by atoms with Crippen LogP contribution in [0.1, 0.15) is 43.9 Å². The molecule has 3 aromatic rings. The third-order valence-electron chi connectivity index (χ3n) is 5.39. The molecular weight excluding hydrogens is 436 g/mol. The van der Waals surface area contributed by atoms with Crippen molar-refractivity contribution in [2.24, 2.45) is 0 Å². The molecule has 1 atom stereocenters. The SMILES string of the molecule is CCCCOc1cccc(C2C(C(=O)OC)=C(C)Nc3nc(SCc4ccccc4)nn32)c1. The van der Waals surface area contributed by atoms with Crippen molar-refractivity contribution >= 4 is 23.7 Å². The number of fused-ring (bicyclic) bond motifs is 1. The fourth-order valence-corrected chi connectivity index (χ4v) is 4.49. The lowest BCUT2D eigenvalue weighted by Gasteiger charge is -2.28. The van der Waals surface area contributed by atoms with Gasteiger partial charge in [-0.1, -0.05) is 67.6 Å². The molecule has 2 heterocycles. The van der Waals surface area contributed by atoms with Crippen molar-refractivity contribution in [3.63, 3.8) is 0 Å². The molecule has 1 unspecified atom stereocenters. The van der Waals surface area contributed by atoms with E-state index < -0.39 is 12.0 Å². The highest BCUT2D eigenvalue weighted by molar-refractivity contribution is 7.98. The molecule has 2 aromatic carbocycles. The molecule has 7 nitrogen and oxygen atoms in total. The third-order valence-corrected chi connectivity index (χ3v) is 6.30. The fourth-order valence-electron chi connectivity index (χ4n) is 3.71. The van der Waals surface area contributed by atoms with Gasteiger partial charge in [-0.3, -0.25) is 0 Å². The quantitative estimate of drug-likeness (QED) is 0.264. The molecule has 33 heavy (non-hydrogen) atoms. The van der Waals surface area contributed by atoms with Crippen LogP contribution in [-0.2, 0) is 15.3 Å². The van der Waals surface area contributed by atoms with Crippen molar-refractivity contribution in [2.45, 2.75) is 43.6 Å². The number of allylic oxidation sites excluding steroid dienone is 1. The number of carbonyl (C=O) groups is 1. The first kappa shape index (κ1) is 22.9. The van der Waals surface area contributed by atoms with E-state index in [-0.39, 0.29) is 0 Å². The Morgan fingerprint density at radius 2 is 2.00 bits per heavy atom. The highest BCUT2D eigenvalue weighted by Crippen LogP contribution is 2.37. The number of thioether (sulfide) groups is 1. The Hall–Kier alpha value is -3.26. The van der Waals surface area contributed by atoms with E-state index in [2.05, 4.69) is 29.4 Å². The maximum Gasteiger partial charge on any atom is 0.338 e. The lowest BCUT2D eigenvalue weighted by molar-refractivity contribution is -0.136. The number of unbranched alkanes of at least 4 members (excludes halogenated alkanes) is 1. The van der Waals surface area contributed by atoms with Gasteiger partial charge in [-0.2, -0.15) is 4.98 Å². The minimum atomic E-state index is -0.470. The summed E-state index contributed by atoms with van der Waals surface area (Å²) >= 11 is 1.56. The third kappa shape index (κ3) is 5.22. The minimum absolute atomic E-state index is 0.401. The predicted molar refractivity (Wildman–Crippen MR) is 129 cm³/mol. The van der Waals surface area contributed by atoms with Crippen LogP contribution in [0.5, 0.6) is 5.75 Å². The zero-order chi connectivity index (χ0) is 23.2. The molecule has 4 rings (SSSR count). The molecule has 1 aromatic heterocycles. The van der Waals surface area contributed by atoms with Gasteiger partial charge in [-0.15, -0.1) is 5.10 Å².